The standard InChI is InChI=1S/C12H11F3N8O/c1-5-3-6(2)23-11(16-5)17-7(22-23)4-8(24)18-10-19-9(20-21-10)12(13,14)15/h3H,4H2,1-2H3,(H2,18,19,20,21,24). The topological polar surface area (TPSA) is 114 Å². The molecule has 0 fully saturated rings. The van der Waals surface area contributed by atoms with Crippen molar-refractivity contribution in [2.75, 3.05) is 5.32 Å². The molecule has 24 heavy (non-hydrogen) atoms. The minimum Gasteiger partial charge on any atom is -0.293 e. The fourth-order valence-electron chi connectivity index (χ4n) is 2.04. The summed E-state index contributed by atoms with van der Waals surface area (Å²) in [5.41, 5.74) is 1.55. The molecule has 9 nitrogen and oxygen atoms in total. The number of rotatable bonds is 3. The van der Waals surface area contributed by atoms with Gasteiger partial charge in [0.15, 0.2) is 5.82 Å². The number of carbonyl (C=O) groups excluding carboxylic acids is 1. The Labute approximate surface area is 132 Å². The van der Waals surface area contributed by atoms with Gasteiger partial charge in [0.25, 0.3) is 5.78 Å². The van der Waals surface area contributed by atoms with Gasteiger partial charge in [-0.3, -0.25) is 15.2 Å². The predicted octanol–water partition coefficient (Wildman–Crippen LogP) is 1.06. The lowest BCUT2D eigenvalue weighted by Gasteiger charge is -1.99. The van der Waals surface area contributed by atoms with E-state index in [4.69, 9.17) is 0 Å². The molecule has 3 aromatic rings. The first-order valence-corrected chi connectivity index (χ1v) is 6.72. The van der Waals surface area contributed by atoms with Crippen LogP contribution in [-0.2, 0) is 17.4 Å². The number of hydrogen-bond acceptors (Lipinski definition) is 6. The van der Waals surface area contributed by atoms with Crippen LogP contribution in [0.4, 0.5) is 19.1 Å². The van der Waals surface area contributed by atoms with E-state index in [2.05, 4.69) is 30.5 Å². The third kappa shape index (κ3) is 3.16. The molecule has 3 rings (SSSR count). The number of aromatic amines is 1. The van der Waals surface area contributed by atoms with Crippen molar-refractivity contribution >= 4 is 17.6 Å². The Bertz CT molecular complexity index is 913. The third-order valence-corrected chi connectivity index (χ3v) is 2.99. The number of hydrogen-bond donors (Lipinski definition) is 2. The van der Waals surface area contributed by atoms with Crippen LogP contribution in [0.3, 0.4) is 0 Å². The summed E-state index contributed by atoms with van der Waals surface area (Å²) < 4.78 is 38.7. The maximum absolute atomic E-state index is 12.4. The van der Waals surface area contributed by atoms with Crippen LogP contribution in [0, 0.1) is 13.8 Å². The average molecular weight is 340 g/mol. The Morgan fingerprint density at radius 1 is 1.29 bits per heavy atom. The molecule has 0 aromatic carbocycles. The molecular weight excluding hydrogens is 329 g/mol. The number of aromatic nitrogens is 7. The first kappa shape index (κ1) is 15.8. The van der Waals surface area contributed by atoms with E-state index in [9.17, 15) is 18.0 Å². The molecule has 12 heteroatoms. The van der Waals surface area contributed by atoms with Crippen LogP contribution >= 0.6 is 0 Å². The Morgan fingerprint density at radius 3 is 2.71 bits per heavy atom. The van der Waals surface area contributed by atoms with Gasteiger partial charge in [-0.1, -0.05) is 0 Å². The monoisotopic (exact) mass is 340 g/mol. The molecule has 0 aliphatic heterocycles. The number of fused-ring (bicyclic) bond motifs is 1. The molecule has 0 atom stereocenters. The first-order valence-electron chi connectivity index (χ1n) is 6.72. The van der Waals surface area contributed by atoms with E-state index < -0.39 is 23.9 Å². The van der Waals surface area contributed by atoms with E-state index in [-0.39, 0.29) is 12.2 Å². The van der Waals surface area contributed by atoms with Gasteiger partial charge in [0, 0.05) is 11.4 Å². The molecule has 126 valence electrons. The summed E-state index contributed by atoms with van der Waals surface area (Å²) >= 11 is 0. The average Bonchev–Trinajstić information content (AvgIpc) is 3.04. The van der Waals surface area contributed by atoms with Gasteiger partial charge in [-0.05, 0) is 19.9 Å². The molecule has 0 saturated carbocycles. The fraction of sp³-hybridized carbons (Fsp3) is 0.333. The predicted molar refractivity (Wildman–Crippen MR) is 74.0 cm³/mol. The van der Waals surface area contributed by atoms with Crippen LogP contribution in [0.1, 0.15) is 23.0 Å². The van der Waals surface area contributed by atoms with Gasteiger partial charge >= 0.3 is 6.18 Å². The van der Waals surface area contributed by atoms with Gasteiger partial charge in [0.1, 0.15) is 0 Å². The number of anilines is 1. The number of H-pyrrole nitrogens is 1. The Hall–Kier alpha value is -3.05. The summed E-state index contributed by atoms with van der Waals surface area (Å²) in [5.74, 6) is -1.89. The summed E-state index contributed by atoms with van der Waals surface area (Å²) in [5, 5.41) is 11.3. The summed E-state index contributed by atoms with van der Waals surface area (Å²) in [4.78, 5) is 23.3. The largest absolute Gasteiger partial charge is 0.451 e. The van der Waals surface area contributed by atoms with Crippen molar-refractivity contribution in [3.63, 3.8) is 0 Å². The van der Waals surface area contributed by atoms with Crippen LogP contribution in [0.15, 0.2) is 6.07 Å². The zero-order chi connectivity index (χ0) is 17.5. The molecule has 0 bridgehead atoms. The molecular formula is C12H11F3N8O. The van der Waals surface area contributed by atoms with Gasteiger partial charge < -0.3 is 0 Å². The quantitative estimate of drug-likeness (QED) is 0.737. The number of halogens is 3. The van der Waals surface area contributed by atoms with Crippen molar-refractivity contribution in [3.05, 3.63) is 29.1 Å². The maximum Gasteiger partial charge on any atom is 0.451 e. The van der Waals surface area contributed by atoms with Crippen LogP contribution < -0.4 is 5.32 Å². The maximum atomic E-state index is 12.4. The Morgan fingerprint density at radius 2 is 2.04 bits per heavy atom. The SMILES string of the molecule is Cc1cc(C)n2nc(CC(=O)Nc3n[nH]c(C(F)(F)F)n3)nc2n1. The van der Waals surface area contributed by atoms with Crippen molar-refractivity contribution in [2.24, 2.45) is 0 Å². The first-order chi connectivity index (χ1) is 11.2. The van der Waals surface area contributed by atoms with Crippen molar-refractivity contribution in [3.8, 4) is 0 Å². The molecule has 1 amide bonds. The van der Waals surface area contributed by atoms with Gasteiger partial charge in [-0.2, -0.15) is 23.1 Å². The highest BCUT2D eigenvalue weighted by molar-refractivity contribution is 5.90. The molecule has 0 unspecified atom stereocenters. The second kappa shape index (κ2) is 5.54. The van der Waals surface area contributed by atoms with E-state index in [1.165, 1.54) is 4.52 Å². The number of aryl methyl sites for hydroxylation is 2. The summed E-state index contributed by atoms with van der Waals surface area (Å²) in [6, 6.07) is 1.80. The van der Waals surface area contributed by atoms with Gasteiger partial charge in [0.2, 0.25) is 17.7 Å². The highest BCUT2D eigenvalue weighted by Gasteiger charge is 2.35. The molecule has 0 radical (unpaired) electrons. The van der Waals surface area contributed by atoms with Crippen molar-refractivity contribution < 1.29 is 18.0 Å². The lowest BCUT2D eigenvalue weighted by atomic mass is 10.4. The van der Waals surface area contributed by atoms with Crippen LogP contribution in [0.5, 0.6) is 0 Å². The number of alkyl halides is 3. The molecule has 0 aliphatic carbocycles. The highest BCUT2D eigenvalue weighted by atomic mass is 19.4. The minimum absolute atomic E-state index is 0.181. The normalized spacial score (nSPS) is 11.9. The molecule has 0 spiro atoms. The lowest BCUT2D eigenvalue weighted by molar-refractivity contribution is -0.144. The van der Waals surface area contributed by atoms with Crippen LogP contribution in [-0.4, -0.2) is 40.7 Å². The number of nitrogens with zero attached hydrogens (tertiary/aromatic N) is 6. The fourth-order valence-corrected chi connectivity index (χ4v) is 2.04. The van der Waals surface area contributed by atoms with Crippen molar-refractivity contribution in [1.82, 2.24) is 34.8 Å². The molecule has 3 aromatic heterocycles. The van der Waals surface area contributed by atoms with Gasteiger partial charge in [-0.25, -0.2) is 9.50 Å². The van der Waals surface area contributed by atoms with E-state index in [1.807, 2.05) is 6.92 Å². The van der Waals surface area contributed by atoms with Crippen LogP contribution in [0.2, 0.25) is 0 Å². The highest BCUT2D eigenvalue weighted by Crippen LogP contribution is 2.26. The zero-order valence-corrected chi connectivity index (χ0v) is 12.5. The van der Waals surface area contributed by atoms with Crippen molar-refractivity contribution in [1.29, 1.82) is 0 Å². The smallest absolute Gasteiger partial charge is 0.293 e. The van der Waals surface area contributed by atoms with E-state index in [1.54, 1.807) is 18.1 Å². The Kier molecular flexibility index (Phi) is 3.66. The lowest BCUT2D eigenvalue weighted by Crippen LogP contribution is -2.16. The van der Waals surface area contributed by atoms with E-state index >= 15 is 0 Å². The summed E-state index contributed by atoms with van der Waals surface area (Å²) in [6.07, 6.45) is -4.92. The Balaban J connectivity index is 1.73. The minimum atomic E-state index is -4.67. The molecule has 0 aliphatic rings. The number of carbonyl (C=O) groups is 1. The second-order valence-corrected chi connectivity index (χ2v) is 5.01. The van der Waals surface area contributed by atoms with E-state index in [0.717, 1.165) is 11.4 Å². The van der Waals surface area contributed by atoms with Crippen molar-refractivity contribution in [2.45, 2.75) is 26.4 Å². The zero-order valence-electron chi connectivity index (χ0n) is 12.5. The van der Waals surface area contributed by atoms with Gasteiger partial charge in [-0.15, -0.1) is 10.2 Å². The second-order valence-electron chi connectivity index (χ2n) is 5.01. The summed E-state index contributed by atoms with van der Waals surface area (Å²) in [6.45, 7) is 3.61. The molecule has 3 heterocycles. The van der Waals surface area contributed by atoms with Gasteiger partial charge in [0.05, 0.1) is 6.42 Å². The number of amides is 1. The summed E-state index contributed by atoms with van der Waals surface area (Å²) in [7, 11) is 0. The molecule has 0 saturated heterocycles. The third-order valence-electron chi connectivity index (χ3n) is 2.99. The van der Waals surface area contributed by atoms with Crippen LogP contribution in [0.25, 0.3) is 5.78 Å². The number of nitrogens with one attached hydrogen (secondary N) is 2. The van der Waals surface area contributed by atoms with E-state index in [0.29, 0.717) is 5.78 Å². The molecule has 2 N–H and O–H groups in total.